The first-order valence-corrected chi connectivity index (χ1v) is 7.29. The van der Waals surface area contributed by atoms with Crippen LogP contribution in [0.5, 0.6) is 0 Å². The smallest absolute Gasteiger partial charge is 0.326 e. The summed E-state index contributed by atoms with van der Waals surface area (Å²) in [6.07, 6.45) is 5.01. The molecule has 0 aliphatic rings. The van der Waals surface area contributed by atoms with Gasteiger partial charge in [0.05, 0.1) is 0 Å². The molecule has 0 spiro atoms. The van der Waals surface area contributed by atoms with Crippen molar-refractivity contribution in [2.45, 2.75) is 39.2 Å². The van der Waals surface area contributed by atoms with E-state index in [0.29, 0.717) is 11.4 Å². The molecule has 1 amide bonds. The molecule has 0 aromatic heterocycles. The van der Waals surface area contributed by atoms with E-state index in [1.165, 1.54) is 6.08 Å². The molecule has 21 heavy (non-hydrogen) atoms. The van der Waals surface area contributed by atoms with Gasteiger partial charge in [-0.05, 0) is 36.6 Å². The predicted molar refractivity (Wildman–Crippen MR) is 84.3 cm³/mol. The Morgan fingerprint density at radius 2 is 2.14 bits per heavy atom. The number of carboxylic acids is 1. The number of hydrogen-bond donors (Lipinski definition) is 2. The summed E-state index contributed by atoms with van der Waals surface area (Å²) < 4.78 is 0. The normalized spacial score (nSPS) is 12.3. The van der Waals surface area contributed by atoms with Gasteiger partial charge in [0.2, 0.25) is 5.91 Å². The number of unbranched alkanes of at least 4 members (excludes halogenated alkanes) is 1. The second-order valence-electron chi connectivity index (χ2n) is 4.88. The van der Waals surface area contributed by atoms with Gasteiger partial charge in [0, 0.05) is 11.1 Å². The Labute approximate surface area is 129 Å². The van der Waals surface area contributed by atoms with E-state index in [2.05, 4.69) is 5.32 Å². The third-order valence-electron chi connectivity index (χ3n) is 3.08. The largest absolute Gasteiger partial charge is 0.480 e. The average molecular weight is 310 g/mol. The van der Waals surface area contributed by atoms with Crippen LogP contribution in [0.4, 0.5) is 0 Å². The van der Waals surface area contributed by atoms with Gasteiger partial charge in [0.15, 0.2) is 0 Å². The standard InChI is InChI=1S/C16H20ClNO3/c1-3-4-5-14(16(20)21)18-15(19)9-8-12-7-6-11(2)13(17)10-12/h6-10,14H,3-5H2,1-2H3,(H,18,19)(H,20,21)/b9-8+/t14-/m0/s1. The van der Waals surface area contributed by atoms with Gasteiger partial charge < -0.3 is 10.4 Å². The maximum atomic E-state index is 11.8. The van der Waals surface area contributed by atoms with Crippen molar-refractivity contribution < 1.29 is 14.7 Å². The SMILES string of the molecule is CCCC[C@H](NC(=O)/C=C/c1ccc(C)c(Cl)c1)C(=O)O. The predicted octanol–water partition coefficient (Wildman–Crippen LogP) is 3.42. The molecule has 1 atom stereocenters. The molecule has 0 bridgehead atoms. The first-order chi connectivity index (χ1) is 9.93. The van der Waals surface area contributed by atoms with E-state index in [9.17, 15) is 9.59 Å². The second-order valence-corrected chi connectivity index (χ2v) is 5.29. The molecule has 2 N–H and O–H groups in total. The molecular formula is C16H20ClNO3. The van der Waals surface area contributed by atoms with E-state index in [0.717, 1.165) is 24.0 Å². The topological polar surface area (TPSA) is 66.4 Å². The van der Waals surface area contributed by atoms with Crippen LogP contribution in [0, 0.1) is 6.92 Å². The third-order valence-corrected chi connectivity index (χ3v) is 3.49. The fourth-order valence-electron chi connectivity index (χ4n) is 1.77. The van der Waals surface area contributed by atoms with Crippen LogP contribution in [0.3, 0.4) is 0 Å². The maximum absolute atomic E-state index is 11.8. The summed E-state index contributed by atoms with van der Waals surface area (Å²) in [5, 5.41) is 12.2. The molecule has 0 saturated carbocycles. The quantitative estimate of drug-likeness (QED) is 0.758. The van der Waals surface area contributed by atoms with Gasteiger partial charge in [0.25, 0.3) is 0 Å². The average Bonchev–Trinajstić information content (AvgIpc) is 2.44. The molecule has 0 unspecified atom stereocenters. The molecular weight excluding hydrogens is 290 g/mol. The number of carbonyl (C=O) groups is 2. The van der Waals surface area contributed by atoms with Crippen molar-refractivity contribution >= 4 is 29.6 Å². The molecule has 5 heteroatoms. The fourth-order valence-corrected chi connectivity index (χ4v) is 1.96. The minimum absolute atomic E-state index is 0.421. The zero-order chi connectivity index (χ0) is 15.8. The van der Waals surface area contributed by atoms with Gasteiger partial charge in [-0.2, -0.15) is 0 Å². The lowest BCUT2D eigenvalue weighted by atomic mass is 10.1. The Bertz CT molecular complexity index is 540. The number of aliphatic carboxylic acids is 1. The first-order valence-electron chi connectivity index (χ1n) is 6.91. The molecule has 0 aliphatic heterocycles. The zero-order valence-electron chi connectivity index (χ0n) is 12.2. The van der Waals surface area contributed by atoms with Gasteiger partial charge in [0.1, 0.15) is 6.04 Å². The van der Waals surface area contributed by atoms with Crippen molar-refractivity contribution in [1.29, 1.82) is 0 Å². The number of aryl methyl sites for hydroxylation is 1. The fraction of sp³-hybridized carbons (Fsp3) is 0.375. The number of benzene rings is 1. The number of hydrogen-bond acceptors (Lipinski definition) is 2. The van der Waals surface area contributed by atoms with Crippen molar-refractivity contribution in [3.8, 4) is 0 Å². The van der Waals surface area contributed by atoms with E-state index in [1.807, 2.05) is 26.0 Å². The number of carbonyl (C=O) groups excluding carboxylic acids is 1. The molecule has 1 aromatic rings. The van der Waals surface area contributed by atoms with Crippen molar-refractivity contribution in [2.24, 2.45) is 0 Å². The molecule has 1 rings (SSSR count). The highest BCUT2D eigenvalue weighted by atomic mass is 35.5. The van der Waals surface area contributed by atoms with Crippen LogP contribution in [0.15, 0.2) is 24.3 Å². The minimum atomic E-state index is -1.01. The molecule has 0 heterocycles. The summed E-state index contributed by atoms with van der Waals surface area (Å²) in [5.41, 5.74) is 1.75. The Hall–Kier alpha value is -1.81. The first kappa shape index (κ1) is 17.2. The van der Waals surface area contributed by atoms with E-state index in [1.54, 1.807) is 12.1 Å². The van der Waals surface area contributed by atoms with Gasteiger partial charge in [-0.15, -0.1) is 0 Å². The van der Waals surface area contributed by atoms with Crippen LogP contribution < -0.4 is 5.32 Å². The summed E-state index contributed by atoms with van der Waals surface area (Å²) in [6.45, 7) is 3.87. The molecule has 0 radical (unpaired) electrons. The van der Waals surface area contributed by atoms with Gasteiger partial charge in [-0.1, -0.05) is 43.5 Å². The van der Waals surface area contributed by atoms with Crippen LogP contribution >= 0.6 is 11.6 Å². The number of nitrogens with one attached hydrogen (secondary N) is 1. The summed E-state index contributed by atoms with van der Waals surface area (Å²) in [7, 11) is 0. The van der Waals surface area contributed by atoms with Crippen molar-refractivity contribution in [2.75, 3.05) is 0 Å². The highest BCUT2D eigenvalue weighted by Crippen LogP contribution is 2.17. The van der Waals surface area contributed by atoms with Gasteiger partial charge >= 0.3 is 5.97 Å². The monoisotopic (exact) mass is 309 g/mol. The molecule has 0 fully saturated rings. The maximum Gasteiger partial charge on any atom is 0.326 e. The summed E-state index contributed by atoms with van der Waals surface area (Å²) in [6, 6.07) is 4.62. The van der Waals surface area contributed by atoms with Crippen LogP contribution in [0.25, 0.3) is 6.08 Å². The number of carboxylic acid groups (broad SMARTS) is 1. The van der Waals surface area contributed by atoms with Crippen LogP contribution in [-0.4, -0.2) is 23.0 Å². The highest BCUT2D eigenvalue weighted by molar-refractivity contribution is 6.31. The summed E-state index contributed by atoms with van der Waals surface area (Å²) in [4.78, 5) is 22.8. The summed E-state index contributed by atoms with van der Waals surface area (Å²) >= 11 is 6.00. The minimum Gasteiger partial charge on any atom is -0.480 e. The van der Waals surface area contributed by atoms with Crippen molar-refractivity contribution in [1.82, 2.24) is 5.32 Å². The third kappa shape index (κ3) is 6.00. The zero-order valence-corrected chi connectivity index (χ0v) is 13.0. The lowest BCUT2D eigenvalue weighted by Gasteiger charge is -2.12. The van der Waals surface area contributed by atoms with Crippen LogP contribution in [0.1, 0.15) is 37.3 Å². The van der Waals surface area contributed by atoms with Gasteiger partial charge in [-0.25, -0.2) is 4.79 Å². The van der Waals surface area contributed by atoms with Crippen LogP contribution in [0.2, 0.25) is 5.02 Å². The Balaban J connectivity index is 2.64. The number of halogens is 1. The number of amides is 1. The van der Waals surface area contributed by atoms with E-state index >= 15 is 0 Å². The lowest BCUT2D eigenvalue weighted by molar-refractivity contribution is -0.141. The molecule has 114 valence electrons. The molecule has 4 nitrogen and oxygen atoms in total. The molecule has 0 saturated heterocycles. The van der Waals surface area contributed by atoms with E-state index in [-0.39, 0.29) is 0 Å². The Morgan fingerprint density at radius 1 is 1.43 bits per heavy atom. The Kier molecular flexibility index (Phi) is 6.96. The van der Waals surface area contributed by atoms with E-state index in [4.69, 9.17) is 16.7 Å². The van der Waals surface area contributed by atoms with Crippen molar-refractivity contribution in [3.63, 3.8) is 0 Å². The number of rotatable bonds is 7. The van der Waals surface area contributed by atoms with Crippen LogP contribution in [-0.2, 0) is 9.59 Å². The molecule has 1 aromatic carbocycles. The van der Waals surface area contributed by atoms with E-state index < -0.39 is 17.9 Å². The van der Waals surface area contributed by atoms with Crippen molar-refractivity contribution in [3.05, 3.63) is 40.4 Å². The lowest BCUT2D eigenvalue weighted by Crippen LogP contribution is -2.39. The Morgan fingerprint density at radius 3 is 2.71 bits per heavy atom. The second kappa shape index (κ2) is 8.47. The summed E-state index contributed by atoms with van der Waals surface area (Å²) in [5.74, 6) is -1.43. The van der Waals surface area contributed by atoms with Gasteiger partial charge in [-0.3, -0.25) is 4.79 Å². The highest BCUT2D eigenvalue weighted by Gasteiger charge is 2.17. The molecule has 0 aliphatic carbocycles.